The highest BCUT2D eigenvalue weighted by Gasteiger charge is 2.50. The first-order chi connectivity index (χ1) is 26.3. The number of rotatable bonds is 10. The number of ether oxygens (including phenoxy) is 2. The number of anilines is 1. The second kappa shape index (κ2) is 14.4. The number of alkyl halides is 3. The van der Waals surface area contributed by atoms with E-state index in [0.717, 1.165) is 32.2 Å². The molecule has 2 bridgehead atoms. The second-order valence-electron chi connectivity index (χ2n) is 15.8. The predicted molar refractivity (Wildman–Crippen MR) is 196 cm³/mol. The molecule has 294 valence electrons. The van der Waals surface area contributed by atoms with Gasteiger partial charge in [0.25, 0.3) is 0 Å². The minimum absolute atomic E-state index is 0.0212. The van der Waals surface area contributed by atoms with Crippen LogP contribution in [0.25, 0.3) is 32.9 Å². The van der Waals surface area contributed by atoms with Gasteiger partial charge < -0.3 is 24.8 Å². The van der Waals surface area contributed by atoms with Crippen LogP contribution in [0.15, 0.2) is 30.3 Å². The summed E-state index contributed by atoms with van der Waals surface area (Å²) in [6, 6.07) is 7.29. The number of carbonyl (C=O) groups is 1. The third-order valence-electron chi connectivity index (χ3n) is 11.9. The van der Waals surface area contributed by atoms with Crippen molar-refractivity contribution < 1.29 is 41.3 Å². The van der Waals surface area contributed by atoms with E-state index in [2.05, 4.69) is 15.2 Å². The molecule has 0 saturated carbocycles. The van der Waals surface area contributed by atoms with Crippen molar-refractivity contribution >= 4 is 33.3 Å². The summed E-state index contributed by atoms with van der Waals surface area (Å²) in [6.45, 7) is 6.85. The number of ketones is 1. The molecular formula is C40H45F5N6O4. The number of aliphatic hydroxyl groups excluding tert-OH is 1. The fourth-order valence-electron chi connectivity index (χ4n) is 9.59. The predicted octanol–water partition coefficient (Wildman–Crippen LogP) is 6.53. The van der Waals surface area contributed by atoms with Crippen molar-refractivity contribution in [2.75, 3.05) is 37.7 Å². The van der Waals surface area contributed by atoms with E-state index in [9.17, 15) is 23.1 Å². The van der Waals surface area contributed by atoms with Crippen LogP contribution in [0.3, 0.4) is 0 Å². The van der Waals surface area contributed by atoms with Gasteiger partial charge in [-0.3, -0.25) is 9.69 Å². The summed E-state index contributed by atoms with van der Waals surface area (Å²) < 4.78 is 85.8. The van der Waals surface area contributed by atoms with Crippen molar-refractivity contribution in [1.29, 1.82) is 0 Å². The van der Waals surface area contributed by atoms with E-state index < -0.39 is 47.7 Å². The van der Waals surface area contributed by atoms with Gasteiger partial charge in [0, 0.05) is 42.7 Å². The average Bonchev–Trinajstić information content (AvgIpc) is 3.72. The maximum absolute atomic E-state index is 17.4. The number of fused-ring (bicyclic) bond motifs is 5. The molecule has 4 aliphatic heterocycles. The lowest BCUT2D eigenvalue weighted by Gasteiger charge is -2.45. The molecular weight excluding hydrogens is 723 g/mol. The molecule has 15 heteroatoms. The highest BCUT2D eigenvalue weighted by atomic mass is 19.4. The molecule has 0 radical (unpaired) electrons. The Labute approximate surface area is 315 Å². The zero-order valence-corrected chi connectivity index (χ0v) is 31.1. The summed E-state index contributed by atoms with van der Waals surface area (Å²) in [5.41, 5.74) is 0.234. The number of aryl methyl sites for hydroxylation is 1. The van der Waals surface area contributed by atoms with E-state index in [1.165, 1.54) is 6.07 Å². The van der Waals surface area contributed by atoms with Gasteiger partial charge in [-0.2, -0.15) is 23.1 Å². The number of piperidine rings is 1. The number of hydrogen-bond donors (Lipinski definition) is 2. The van der Waals surface area contributed by atoms with Crippen molar-refractivity contribution in [1.82, 2.24) is 25.2 Å². The first kappa shape index (κ1) is 37.7. The van der Waals surface area contributed by atoms with Crippen LogP contribution >= 0.6 is 0 Å². The lowest BCUT2D eigenvalue weighted by atomic mass is 9.82. The SMILES string of the molecule is CCc1c(F)ccc2cccc(-c3nc(OC(C)C)c4c(N5CC6CC(C(=O)C(F)(F)F)CC(C5)N6)nc(OCC56CCCN5[C@@H](CO)CC6)nc4c3F)c12. The minimum Gasteiger partial charge on any atom is -0.474 e. The fourth-order valence-corrected chi connectivity index (χ4v) is 9.59. The van der Waals surface area contributed by atoms with Crippen LogP contribution in [0.5, 0.6) is 11.9 Å². The van der Waals surface area contributed by atoms with E-state index in [-0.39, 0.29) is 85.0 Å². The normalized spacial score (nSPS) is 25.6. The van der Waals surface area contributed by atoms with Gasteiger partial charge in [-0.15, -0.1) is 0 Å². The van der Waals surface area contributed by atoms with Gasteiger partial charge in [-0.1, -0.05) is 31.2 Å². The summed E-state index contributed by atoms with van der Waals surface area (Å²) in [6.07, 6.45) is -1.61. The van der Waals surface area contributed by atoms with Gasteiger partial charge in [-0.25, -0.2) is 13.8 Å². The van der Waals surface area contributed by atoms with Crippen LogP contribution in [0.1, 0.15) is 64.9 Å². The molecule has 4 aromatic rings. The first-order valence-electron chi connectivity index (χ1n) is 19.2. The Bertz CT molecular complexity index is 2120. The monoisotopic (exact) mass is 768 g/mol. The quantitative estimate of drug-likeness (QED) is 0.173. The third kappa shape index (κ3) is 6.75. The smallest absolute Gasteiger partial charge is 0.450 e. The van der Waals surface area contributed by atoms with Gasteiger partial charge in [0.2, 0.25) is 11.7 Å². The van der Waals surface area contributed by atoms with Crippen LogP contribution in [0.2, 0.25) is 0 Å². The molecule has 0 aliphatic carbocycles. The molecule has 4 saturated heterocycles. The van der Waals surface area contributed by atoms with Crippen molar-refractivity contribution in [2.45, 2.75) is 102 Å². The van der Waals surface area contributed by atoms with E-state index >= 15 is 8.78 Å². The van der Waals surface area contributed by atoms with Gasteiger partial charge in [0.05, 0.1) is 18.2 Å². The zero-order valence-electron chi connectivity index (χ0n) is 31.1. The number of aromatic nitrogens is 3. The van der Waals surface area contributed by atoms with Crippen LogP contribution in [-0.2, 0) is 11.2 Å². The number of nitrogens with one attached hydrogen (secondary N) is 1. The molecule has 2 aromatic heterocycles. The number of aliphatic hydroxyl groups is 1. The number of benzene rings is 2. The number of nitrogens with zero attached hydrogens (tertiary/aromatic N) is 5. The van der Waals surface area contributed by atoms with Crippen molar-refractivity contribution in [3.8, 4) is 23.1 Å². The highest BCUT2D eigenvalue weighted by molar-refractivity contribution is 6.02. The summed E-state index contributed by atoms with van der Waals surface area (Å²) in [7, 11) is 0. The third-order valence-corrected chi connectivity index (χ3v) is 11.9. The summed E-state index contributed by atoms with van der Waals surface area (Å²) in [4.78, 5) is 30.8. The highest BCUT2D eigenvalue weighted by Crippen LogP contribution is 2.45. The molecule has 4 aliphatic rings. The zero-order chi connectivity index (χ0) is 38.8. The number of Topliss-reactive ketones (excluding diaryl/α,β-unsaturated/α-hetero) is 1. The Morgan fingerprint density at radius 3 is 2.51 bits per heavy atom. The van der Waals surface area contributed by atoms with Crippen LogP contribution < -0.4 is 19.7 Å². The van der Waals surface area contributed by atoms with Gasteiger partial charge in [-0.05, 0) is 87.7 Å². The Hall–Kier alpha value is -4.21. The summed E-state index contributed by atoms with van der Waals surface area (Å²) >= 11 is 0. The number of halogens is 5. The Morgan fingerprint density at radius 1 is 1.05 bits per heavy atom. The van der Waals surface area contributed by atoms with E-state index in [1.807, 2.05) is 17.9 Å². The van der Waals surface area contributed by atoms with Gasteiger partial charge in [0.15, 0.2) is 5.82 Å². The summed E-state index contributed by atoms with van der Waals surface area (Å²) in [5, 5.41) is 14.8. The maximum Gasteiger partial charge on any atom is 0.450 e. The molecule has 3 unspecified atom stereocenters. The fraction of sp³-hybridized carbons (Fsp3) is 0.550. The molecule has 6 heterocycles. The second-order valence-corrected chi connectivity index (χ2v) is 15.8. The molecule has 10 nitrogen and oxygen atoms in total. The Morgan fingerprint density at radius 2 is 1.82 bits per heavy atom. The van der Waals surface area contributed by atoms with Gasteiger partial charge >= 0.3 is 12.2 Å². The topological polar surface area (TPSA) is 113 Å². The van der Waals surface area contributed by atoms with Crippen molar-refractivity contribution in [3.63, 3.8) is 0 Å². The molecule has 8 rings (SSSR count). The van der Waals surface area contributed by atoms with E-state index in [1.54, 1.807) is 32.0 Å². The molecule has 0 spiro atoms. The Balaban J connectivity index is 1.28. The summed E-state index contributed by atoms with van der Waals surface area (Å²) in [5.74, 6) is -3.78. The lowest BCUT2D eigenvalue weighted by molar-refractivity contribution is -0.177. The first-order valence-corrected chi connectivity index (χ1v) is 19.2. The average molecular weight is 769 g/mol. The minimum atomic E-state index is -4.92. The van der Waals surface area contributed by atoms with Gasteiger partial charge in [0.1, 0.15) is 34.8 Å². The van der Waals surface area contributed by atoms with E-state index in [4.69, 9.17) is 19.4 Å². The molecule has 2 N–H and O–H groups in total. The maximum atomic E-state index is 17.4. The van der Waals surface area contributed by atoms with Crippen LogP contribution in [0, 0.1) is 17.6 Å². The molecule has 0 amide bonds. The lowest BCUT2D eigenvalue weighted by Crippen LogP contribution is -2.62. The number of carbonyl (C=O) groups excluding carboxylic acids is 1. The van der Waals surface area contributed by atoms with E-state index in [0.29, 0.717) is 28.3 Å². The molecule has 4 fully saturated rings. The molecule has 55 heavy (non-hydrogen) atoms. The largest absolute Gasteiger partial charge is 0.474 e. The number of piperazine rings is 1. The molecule has 4 atom stereocenters. The van der Waals surface area contributed by atoms with Crippen LogP contribution in [-0.4, -0.2) is 99.5 Å². The number of hydrogen-bond acceptors (Lipinski definition) is 10. The number of pyridine rings is 1. The van der Waals surface area contributed by atoms with Crippen molar-refractivity contribution in [3.05, 3.63) is 47.5 Å². The Kier molecular flexibility index (Phi) is 9.86. The standard InChI is InChI=1S/C40H45F5N6O4/c1-4-27-29(41)10-9-22-7-5-8-28(30(22)27)33-32(42)34-31(37(47-33)55-21(2)3)36(50-17-24-15-23(16-25(18-50)46-24)35(53)40(43,44)45)49-38(48-34)54-20-39-12-6-14-51(39)26(19-52)11-13-39/h5,7-10,21,23-26,46,52H,4,6,11-20H2,1-3H3/t23?,24?,25?,26-,39?/m1/s1. The van der Waals surface area contributed by atoms with Crippen molar-refractivity contribution in [2.24, 2.45) is 5.92 Å². The molecule has 2 aromatic carbocycles. The van der Waals surface area contributed by atoms with Crippen LogP contribution in [0.4, 0.5) is 27.8 Å².